The topological polar surface area (TPSA) is 60.2 Å². The van der Waals surface area contributed by atoms with Gasteiger partial charge in [-0.15, -0.1) is 16.7 Å². The number of carbonyl (C=O) groups is 1. The van der Waals surface area contributed by atoms with Gasteiger partial charge in [-0.1, -0.05) is 35.5 Å². The minimum atomic E-state index is -0.0205. The van der Waals surface area contributed by atoms with Crippen molar-refractivity contribution in [2.75, 3.05) is 19.0 Å². The molecule has 0 radical (unpaired) electrons. The van der Waals surface area contributed by atoms with Gasteiger partial charge in [0.1, 0.15) is 11.6 Å². The van der Waals surface area contributed by atoms with Crippen molar-refractivity contribution in [1.29, 1.82) is 0 Å². The van der Waals surface area contributed by atoms with Gasteiger partial charge in [0, 0.05) is 13.1 Å². The molecule has 1 aliphatic heterocycles. The van der Waals surface area contributed by atoms with Crippen molar-refractivity contribution in [3.63, 3.8) is 0 Å². The molecule has 2 aromatic rings. The van der Waals surface area contributed by atoms with E-state index in [0.717, 1.165) is 30.6 Å². The zero-order valence-electron chi connectivity index (χ0n) is 13.5. The third-order valence-corrected chi connectivity index (χ3v) is 4.39. The number of ether oxygens (including phenoxy) is 1. The quantitative estimate of drug-likeness (QED) is 0.752. The van der Waals surface area contributed by atoms with Crippen LogP contribution in [0.4, 0.5) is 0 Å². The van der Waals surface area contributed by atoms with E-state index in [1.54, 1.807) is 4.90 Å². The van der Waals surface area contributed by atoms with E-state index in [0.29, 0.717) is 19.8 Å². The molecule has 24 heavy (non-hydrogen) atoms. The summed E-state index contributed by atoms with van der Waals surface area (Å²) in [6.07, 6.45) is 3.84. The second-order valence-corrected chi connectivity index (χ2v) is 6.20. The van der Waals surface area contributed by atoms with Gasteiger partial charge in [-0.05, 0) is 18.4 Å². The number of hydrogen-bond acceptors (Lipinski definition) is 4. The van der Waals surface area contributed by atoms with Crippen LogP contribution in [0, 0.1) is 0 Å². The highest BCUT2D eigenvalue weighted by atomic mass is 35.5. The minimum Gasteiger partial charge on any atom is -0.370 e. The van der Waals surface area contributed by atoms with Gasteiger partial charge in [0.05, 0.1) is 25.5 Å². The Hall–Kier alpha value is -1.92. The lowest BCUT2D eigenvalue weighted by atomic mass is 10.1. The van der Waals surface area contributed by atoms with E-state index in [-0.39, 0.29) is 17.8 Å². The number of amides is 1. The molecular formula is C17H21ClN4O2. The van der Waals surface area contributed by atoms with Gasteiger partial charge in [0.2, 0.25) is 5.91 Å². The summed E-state index contributed by atoms with van der Waals surface area (Å²) in [5, 5.41) is 8.37. The fourth-order valence-electron chi connectivity index (χ4n) is 2.89. The number of aromatic nitrogens is 3. The van der Waals surface area contributed by atoms with Crippen molar-refractivity contribution in [2.24, 2.45) is 0 Å². The summed E-state index contributed by atoms with van der Waals surface area (Å²) in [5.74, 6) is 0.00995. The first-order valence-corrected chi connectivity index (χ1v) is 8.66. The van der Waals surface area contributed by atoms with E-state index < -0.39 is 0 Å². The highest BCUT2D eigenvalue weighted by Crippen LogP contribution is 2.21. The fourth-order valence-corrected chi connectivity index (χ4v) is 3.06. The van der Waals surface area contributed by atoms with Gasteiger partial charge >= 0.3 is 0 Å². The maximum Gasteiger partial charge on any atom is 0.237 e. The second-order valence-electron chi connectivity index (χ2n) is 5.94. The van der Waals surface area contributed by atoms with Crippen LogP contribution in [0.5, 0.6) is 0 Å². The number of carbonyl (C=O) groups excluding carboxylic acids is 1. The second kappa shape index (κ2) is 8.26. The van der Waals surface area contributed by atoms with E-state index >= 15 is 0 Å². The Kier molecular flexibility index (Phi) is 5.82. The Morgan fingerprint density at radius 1 is 1.29 bits per heavy atom. The third kappa shape index (κ3) is 4.33. The summed E-state index contributed by atoms with van der Waals surface area (Å²) in [4.78, 5) is 13.6. The SMILES string of the molecule is O=C(CCl)N1CCCC(n2cc(COCc3ccccc3)nn2)C1. The highest BCUT2D eigenvalue weighted by Gasteiger charge is 2.25. The van der Waals surface area contributed by atoms with Crippen LogP contribution in [-0.4, -0.2) is 44.8 Å². The first-order valence-electron chi connectivity index (χ1n) is 8.12. The van der Waals surface area contributed by atoms with Crippen molar-refractivity contribution >= 4 is 17.5 Å². The molecule has 0 bridgehead atoms. The monoisotopic (exact) mass is 348 g/mol. The van der Waals surface area contributed by atoms with Gasteiger partial charge < -0.3 is 9.64 Å². The Morgan fingerprint density at radius 2 is 2.12 bits per heavy atom. The molecule has 0 aliphatic carbocycles. The standard InChI is InChI=1S/C17H21ClN4O2/c18-9-17(23)21-8-4-7-16(11-21)22-10-15(19-20-22)13-24-12-14-5-2-1-3-6-14/h1-3,5-6,10,16H,4,7-9,11-13H2. The number of alkyl halides is 1. The van der Waals surface area contributed by atoms with E-state index in [1.807, 2.05) is 41.2 Å². The van der Waals surface area contributed by atoms with Crippen LogP contribution in [0.3, 0.4) is 0 Å². The van der Waals surface area contributed by atoms with Gasteiger partial charge in [-0.3, -0.25) is 4.79 Å². The van der Waals surface area contributed by atoms with Gasteiger partial charge in [-0.25, -0.2) is 4.68 Å². The zero-order valence-corrected chi connectivity index (χ0v) is 14.2. The molecule has 7 heteroatoms. The van der Waals surface area contributed by atoms with Crippen LogP contribution in [0.2, 0.25) is 0 Å². The number of piperidine rings is 1. The number of halogens is 1. The van der Waals surface area contributed by atoms with Crippen LogP contribution in [-0.2, 0) is 22.7 Å². The molecule has 1 aromatic heterocycles. The molecule has 1 fully saturated rings. The predicted octanol–water partition coefficient (Wildman–Crippen LogP) is 2.40. The molecule has 1 saturated heterocycles. The molecule has 6 nitrogen and oxygen atoms in total. The maximum atomic E-state index is 11.8. The smallest absolute Gasteiger partial charge is 0.237 e. The number of likely N-dealkylation sites (tertiary alicyclic amines) is 1. The average Bonchev–Trinajstić information content (AvgIpc) is 3.11. The van der Waals surface area contributed by atoms with Crippen molar-refractivity contribution in [3.8, 4) is 0 Å². The largest absolute Gasteiger partial charge is 0.370 e. The normalized spacial score (nSPS) is 17.9. The third-order valence-electron chi connectivity index (χ3n) is 4.16. The molecule has 1 aliphatic rings. The number of rotatable bonds is 6. The van der Waals surface area contributed by atoms with Crippen LogP contribution in [0.1, 0.15) is 30.1 Å². The van der Waals surface area contributed by atoms with E-state index in [4.69, 9.17) is 16.3 Å². The van der Waals surface area contributed by atoms with Crippen LogP contribution >= 0.6 is 11.6 Å². The lowest BCUT2D eigenvalue weighted by molar-refractivity contribution is -0.130. The Bertz CT molecular complexity index is 662. The summed E-state index contributed by atoms with van der Waals surface area (Å²) < 4.78 is 7.53. The van der Waals surface area contributed by atoms with E-state index in [2.05, 4.69) is 10.3 Å². The van der Waals surface area contributed by atoms with Gasteiger partial charge in [-0.2, -0.15) is 0 Å². The molecule has 3 rings (SSSR count). The number of hydrogen-bond donors (Lipinski definition) is 0. The first kappa shape index (κ1) is 16.9. The Morgan fingerprint density at radius 3 is 2.92 bits per heavy atom. The molecule has 2 heterocycles. The number of nitrogens with zero attached hydrogens (tertiary/aromatic N) is 4. The summed E-state index contributed by atoms with van der Waals surface area (Å²) >= 11 is 5.65. The van der Waals surface area contributed by atoms with Crippen LogP contribution in [0.15, 0.2) is 36.5 Å². The van der Waals surface area contributed by atoms with Crippen molar-refractivity contribution < 1.29 is 9.53 Å². The molecule has 1 atom stereocenters. The summed E-state index contributed by atoms with van der Waals surface area (Å²) in [6, 6.07) is 10.2. The first-order chi connectivity index (χ1) is 11.8. The zero-order chi connectivity index (χ0) is 16.8. The molecule has 0 N–H and O–H groups in total. The van der Waals surface area contributed by atoms with Crippen LogP contribution < -0.4 is 0 Å². The lowest BCUT2D eigenvalue weighted by Gasteiger charge is -2.32. The maximum absolute atomic E-state index is 11.8. The molecule has 1 unspecified atom stereocenters. The fraction of sp³-hybridized carbons (Fsp3) is 0.471. The molecular weight excluding hydrogens is 328 g/mol. The minimum absolute atomic E-state index is 0.0205. The van der Waals surface area contributed by atoms with Gasteiger partial charge in [0.25, 0.3) is 0 Å². The van der Waals surface area contributed by atoms with Crippen LogP contribution in [0.25, 0.3) is 0 Å². The molecule has 0 spiro atoms. The summed E-state index contributed by atoms with van der Waals surface area (Å²) in [6.45, 7) is 2.38. The summed E-state index contributed by atoms with van der Waals surface area (Å²) in [7, 11) is 0. The predicted molar refractivity (Wildman–Crippen MR) is 90.5 cm³/mol. The van der Waals surface area contributed by atoms with Gasteiger partial charge in [0.15, 0.2) is 0 Å². The molecule has 1 amide bonds. The van der Waals surface area contributed by atoms with Crippen molar-refractivity contribution in [2.45, 2.75) is 32.1 Å². The van der Waals surface area contributed by atoms with Crippen molar-refractivity contribution in [1.82, 2.24) is 19.9 Å². The molecule has 0 saturated carbocycles. The Labute approximate surface area is 146 Å². The van der Waals surface area contributed by atoms with E-state index in [9.17, 15) is 4.79 Å². The molecule has 128 valence electrons. The van der Waals surface area contributed by atoms with E-state index in [1.165, 1.54) is 0 Å². The highest BCUT2D eigenvalue weighted by molar-refractivity contribution is 6.27. The molecule has 1 aromatic carbocycles. The Balaban J connectivity index is 1.52. The number of benzene rings is 1. The average molecular weight is 349 g/mol. The summed E-state index contributed by atoms with van der Waals surface area (Å²) in [5.41, 5.74) is 1.93. The van der Waals surface area contributed by atoms with Crippen molar-refractivity contribution in [3.05, 3.63) is 47.8 Å². The lowest BCUT2D eigenvalue weighted by Crippen LogP contribution is -2.41.